The molecule has 2 aromatic carbocycles. The van der Waals surface area contributed by atoms with Crippen LogP contribution in [0, 0.1) is 0 Å². The number of alkyl halides is 3. The minimum atomic E-state index is -4.81. The van der Waals surface area contributed by atoms with Crippen molar-refractivity contribution in [1.29, 1.82) is 0 Å². The van der Waals surface area contributed by atoms with Crippen molar-refractivity contribution in [3.05, 3.63) is 53.6 Å². The normalized spacial score (nSPS) is 15.6. The molecule has 2 aromatic rings. The lowest BCUT2D eigenvalue weighted by Gasteiger charge is -2.28. The molecule has 0 fully saturated rings. The van der Waals surface area contributed by atoms with Gasteiger partial charge in [-0.3, -0.25) is 4.79 Å². The first-order valence-corrected chi connectivity index (χ1v) is 11.2. The summed E-state index contributed by atoms with van der Waals surface area (Å²) in [6.07, 6.45) is -3.57. The van der Waals surface area contributed by atoms with E-state index in [1.54, 1.807) is 18.7 Å². The highest BCUT2D eigenvalue weighted by Crippen LogP contribution is 2.36. The fourth-order valence-electron chi connectivity index (χ4n) is 3.73. The largest absolute Gasteiger partial charge is 0.573 e. The van der Waals surface area contributed by atoms with E-state index in [9.17, 15) is 27.9 Å². The highest BCUT2D eigenvalue weighted by atomic mass is 32.2. The molecular formula is C23H25F3N2O4S. The molecule has 0 heterocycles. The molecule has 0 radical (unpaired) electrons. The van der Waals surface area contributed by atoms with E-state index in [0.717, 1.165) is 28.2 Å². The molecule has 0 saturated heterocycles. The number of carbonyl (C=O) groups is 2. The van der Waals surface area contributed by atoms with Gasteiger partial charge in [0, 0.05) is 29.2 Å². The van der Waals surface area contributed by atoms with Crippen LogP contribution < -0.4 is 10.1 Å². The summed E-state index contributed by atoms with van der Waals surface area (Å²) in [6.45, 7) is 5.54. The Kier molecular flexibility index (Phi) is 7.16. The van der Waals surface area contributed by atoms with Crippen molar-refractivity contribution in [3.8, 4) is 5.75 Å². The van der Waals surface area contributed by atoms with Crippen LogP contribution in [0.25, 0.3) is 0 Å². The van der Waals surface area contributed by atoms with E-state index in [0.29, 0.717) is 19.4 Å². The number of amides is 2. The lowest BCUT2D eigenvalue weighted by Crippen LogP contribution is -2.43. The van der Waals surface area contributed by atoms with Gasteiger partial charge >= 0.3 is 18.4 Å². The third kappa shape index (κ3) is 6.34. The summed E-state index contributed by atoms with van der Waals surface area (Å²) in [5.74, 6) is -1.31. The number of urea groups is 1. The zero-order valence-electron chi connectivity index (χ0n) is 18.4. The number of rotatable bonds is 7. The number of carboxylic acid groups (broad SMARTS) is 1. The highest BCUT2D eigenvalue weighted by molar-refractivity contribution is 8.01. The molecular weight excluding hydrogens is 457 g/mol. The second-order valence-electron chi connectivity index (χ2n) is 8.20. The Bertz CT molecular complexity index is 1040. The van der Waals surface area contributed by atoms with Gasteiger partial charge in [0.05, 0.1) is 0 Å². The number of hydrogen-bond acceptors (Lipinski definition) is 4. The van der Waals surface area contributed by atoms with Gasteiger partial charge in [-0.1, -0.05) is 12.1 Å². The van der Waals surface area contributed by atoms with E-state index >= 15 is 0 Å². The predicted molar refractivity (Wildman–Crippen MR) is 120 cm³/mol. The quantitative estimate of drug-likeness (QED) is 0.505. The third-order valence-corrected chi connectivity index (χ3v) is 6.51. The number of nitrogens with one attached hydrogen (secondary N) is 1. The Morgan fingerprint density at radius 2 is 1.85 bits per heavy atom. The SMILES string of the molecule is CCN(C(=O)Nc1cccc(OC(F)(F)F)c1)C1Cc2ccc(SC(C)(C)C(=O)O)cc2C1. The Balaban J connectivity index is 1.68. The number of halogens is 3. The lowest BCUT2D eigenvalue weighted by atomic mass is 10.1. The van der Waals surface area contributed by atoms with E-state index in [4.69, 9.17) is 0 Å². The van der Waals surface area contributed by atoms with E-state index in [1.165, 1.54) is 23.9 Å². The first kappa shape index (κ1) is 24.8. The monoisotopic (exact) mass is 482 g/mol. The maximum absolute atomic E-state index is 12.9. The van der Waals surface area contributed by atoms with Crippen LogP contribution in [-0.2, 0) is 17.6 Å². The standard InChI is InChI=1S/C23H25F3N2O4S/c1-4-28(21(31)27-16-6-5-7-18(13-16)32-23(24,25)26)17-10-14-8-9-19(12-15(14)11-17)33-22(2,3)20(29)30/h5-9,12-13,17H,4,10-11H2,1-3H3,(H,27,31)(H,29,30). The second-order valence-corrected chi connectivity index (χ2v) is 9.90. The van der Waals surface area contributed by atoms with Gasteiger partial charge in [-0.15, -0.1) is 24.9 Å². The Hall–Kier alpha value is -2.88. The van der Waals surface area contributed by atoms with Crippen molar-refractivity contribution in [2.24, 2.45) is 0 Å². The number of carboxylic acids is 1. The molecule has 1 unspecified atom stereocenters. The number of hydrogen-bond donors (Lipinski definition) is 2. The van der Waals surface area contributed by atoms with Gasteiger partial charge in [-0.05, 0) is 69.0 Å². The van der Waals surface area contributed by atoms with Gasteiger partial charge < -0.3 is 20.1 Å². The highest BCUT2D eigenvalue weighted by Gasteiger charge is 2.33. The molecule has 1 aliphatic rings. The number of thioether (sulfide) groups is 1. The minimum Gasteiger partial charge on any atom is -0.480 e. The van der Waals surface area contributed by atoms with Gasteiger partial charge in [0.1, 0.15) is 10.5 Å². The van der Waals surface area contributed by atoms with Crippen molar-refractivity contribution >= 4 is 29.4 Å². The van der Waals surface area contributed by atoms with Gasteiger partial charge in [-0.2, -0.15) is 0 Å². The van der Waals surface area contributed by atoms with Crippen LogP contribution in [0.2, 0.25) is 0 Å². The molecule has 0 aromatic heterocycles. The number of anilines is 1. The number of aliphatic carboxylic acids is 1. The van der Waals surface area contributed by atoms with Crippen molar-refractivity contribution < 1.29 is 32.6 Å². The molecule has 178 valence electrons. The maximum Gasteiger partial charge on any atom is 0.573 e. The van der Waals surface area contributed by atoms with Crippen LogP contribution in [0.4, 0.5) is 23.7 Å². The molecule has 0 aliphatic heterocycles. The predicted octanol–water partition coefficient (Wildman–Crippen LogP) is 5.56. The molecule has 1 atom stereocenters. The molecule has 0 saturated carbocycles. The maximum atomic E-state index is 12.9. The Morgan fingerprint density at radius 3 is 2.48 bits per heavy atom. The van der Waals surface area contributed by atoms with E-state index in [-0.39, 0.29) is 11.7 Å². The average molecular weight is 483 g/mol. The van der Waals surface area contributed by atoms with Crippen LogP contribution in [0.15, 0.2) is 47.4 Å². The summed E-state index contributed by atoms with van der Waals surface area (Å²) in [6, 6.07) is 10.4. The average Bonchev–Trinajstić information content (AvgIpc) is 3.09. The van der Waals surface area contributed by atoms with Crippen LogP contribution in [0.5, 0.6) is 5.75 Å². The second kappa shape index (κ2) is 9.54. The molecule has 1 aliphatic carbocycles. The molecule has 6 nitrogen and oxygen atoms in total. The molecule has 0 bridgehead atoms. The number of carbonyl (C=O) groups excluding carboxylic acids is 1. The third-order valence-electron chi connectivity index (χ3n) is 5.34. The summed E-state index contributed by atoms with van der Waals surface area (Å²) in [5, 5.41) is 12.0. The van der Waals surface area contributed by atoms with Crippen molar-refractivity contribution in [2.75, 3.05) is 11.9 Å². The smallest absolute Gasteiger partial charge is 0.480 e. The Morgan fingerprint density at radius 1 is 1.15 bits per heavy atom. The topological polar surface area (TPSA) is 78.9 Å². The molecule has 10 heteroatoms. The summed E-state index contributed by atoms with van der Waals surface area (Å²) in [7, 11) is 0. The lowest BCUT2D eigenvalue weighted by molar-refractivity contribution is -0.274. The Labute approximate surface area is 194 Å². The van der Waals surface area contributed by atoms with Crippen LogP contribution in [0.1, 0.15) is 31.9 Å². The molecule has 2 amide bonds. The van der Waals surface area contributed by atoms with Crippen LogP contribution in [-0.4, -0.2) is 45.7 Å². The van der Waals surface area contributed by atoms with Gasteiger partial charge in [-0.25, -0.2) is 4.79 Å². The fraction of sp³-hybridized carbons (Fsp3) is 0.391. The van der Waals surface area contributed by atoms with Crippen molar-refractivity contribution in [1.82, 2.24) is 4.90 Å². The number of fused-ring (bicyclic) bond motifs is 1. The van der Waals surface area contributed by atoms with E-state index in [1.807, 2.05) is 25.1 Å². The van der Waals surface area contributed by atoms with Gasteiger partial charge in [0.25, 0.3) is 0 Å². The zero-order valence-corrected chi connectivity index (χ0v) is 19.2. The van der Waals surface area contributed by atoms with Gasteiger partial charge in [0.2, 0.25) is 0 Å². The van der Waals surface area contributed by atoms with Crippen LogP contribution >= 0.6 is 11.8 Å². The molecule has 0 spiro atoms. The zero-order chi connectivity index (χ0) is 24.4. The van der Waals surface area contributed by atoms with Crippen molar-refractivity contribution in [2.45, 2.75) is 55.7 Å². The first-order valence-electron chi connectivity index (χ1n) is 10.4. The summed E-state index contributed by atoms with van der Waals surface area (Å²) in [4.78, 5) is 26.8. The number of ether oxygens (including phenoxy) is 1. The summed E-state index contributed by atoms with van der Waals surface area (Å²) >= 11 is 1.26. The summed E-state index contributed by atoms with van der Waals surface area (Å²) in [5.41, 5.74) is 2.34. The summed E-state index contributed by atoms with van der Waals surface area (Å²) < 4.78 is 40.3. The molecule has 2 N–H and O–H groups in total. The van der Waals surface area contributed by atoms with Crippen LogP contribution in [0.3, 0.4) is 0 Å². The van der Waals surface area contributed by atoms with E-state index < -0.39 is 28.9 Å². The number of likely N-dealkylation sites (N-methyl/N-ethyl adjacent to an activating group) is 1. The fourth-order valence-corrected chi connectivity index (χ4v) is 4.74. The minimum absolute atomic E-state index is 0.118. The number of nitrogens with zero attached hydrogens (tertiary/aromatic N) is 1. The van der Waals surface area contributed by atoms with Crippen molar-refractivity contribution in [3.63, 3.8) is 0 Å². The van der Waals surface area contributed by atoms with Gasteiger partial charge in [0.15, 0.2) is 0 Å². The molecule has 3 rings (SSSR count). The number of benzene rings is 2. The first-order chi connectivity index (χ1) is 15.4. The van der Waals surface area contributed by atoms with E-state index in [2.05, 4.69) is 10.1 Å². The molecule has 33 heavy (non-hydrogen) atoms.